The third kappa shape index (κ3) is 3.60. The van der Waals surface area contributed by atoms with Gasteiger partial charge in [0, 0.05) is 23.2 Å². The molecule has 0 saturated heterocycles. The van der Waals surface area contributed by atoms with E-state index < -0.39 is 0 Å². The standard InChI is InChI=1S/C10H9BrCl2O/c11-9-2-1-7(6-10(9)13)5-8(14)3-4-12/h1-2,6H,3-5H2. The van der Waals surface area contributed by atoms with Crippen molar-refractivity contribution < 1.29 is 4.79 Å². The summed E-state index contributed by atoms with van der Waals surface area (Å²) in [6, 6.07) is 5.51. The zero-order valence-electron chi connectivity index (χ0n) is 7.40. The van der Waals surface area contributed by atoms with Crippen LogP contribution in [0.15, 0.2) is 22.7 Å². The van der Waals surface area contributed by atoms with Gasteiger partial charge in [-0.25, -0.2) is 0 Å². The molecule has 0 bridgehead atoms. The van der Waals surface area contributed by atoms with E-state index in [-0.39, 0.29) is 5.78 Å². The van der Waals surface area contributed by atoms with Gasteiger partial charge in [0.05, 0.1) is 5.02 Å². The molecule has 0 fully saturated rings. The van der Waals surface area contributed by atoms with E-state index in [1.807, 2.05) is 12.1 Å². The number of carbonyl (C=O) groups is 1. The Morgan fingerprint density at radius 2 is 2.14 bits per heavy atom. The monoisotopic (exact) mass is 294 g/mol. The van der Waals surface area contributed by atoms with Crippen LogP contribution in [0.4, 0.5) is 0 Å². The second kappa shape index (κ2) is 5.74. The molecule has 0 saturated carbocycles. The lowest BCUT2D eigenvalue weighted by Crippen LogP contribution is -2.02. The summed E-state index contributed by atoms with van der Waals surface area (Å²) >= 11 is 14.6. The van der Waals surface area contributed by atoms with E-state index in [4.69, 9.17) is 23.2 Å². The number of alkyl halides is 1. The Kier molecular flexibility index (Phi) is 4.93. The van der Waals surface area contributed by atoms with Crippen LogP contribution in [0.5, 0.6) is 0 Å². The van der Waals surface area contributed by atoms with Gasteiger partial charge in [0.1, 0.15) is 5.78 Å². The Balaban J connectivity index is 2.68. The summed E-state index contributed by atoms with van der Waals surface area (Å²) < 4.78 is 0.840. The third-order valence-corrected chi connectivity index (χ3v) is 3.18. The van der Waals surface area contributed by atoms with Gasteiger partial charge >= 0.3 is 0 Å². The van der Waals surface area contributed by atoms with Crippen LogP contribution >= 0.6 is 39.1 Å². The Morgan fingerprint density at radius 1 is 1.43 bits per heavy atom. The zero-order chi connectivity index (χ0) is 10.6. The third-order valence-electron chi connectivity index (χ3n) is 1.76. The zero-order valence-corrected chi connectivity index (χ0v) is 10.5. The van der Waals surface area contributed by atoms with Crippen LogP contribution < -0.4 is 0 Å². The fraction of sp³-hybridized carbons (Fsp3) is 0.300. The quantitative estimate of drug-likeness (QED) is 0.771. The molecule has 4 heteroatoms. The Bertz CT molecular complexity index is 339. The van der Waals surface area contributed by atoms with Crippen molar-refractivity contribution in [3.63, 3.8) is 0 Å². The average molecular weight is 296 g/mol. The van der Waals surface area contributed by atoms with Gasteiger partial charge < -0.3 is 0 Å². The minimum absolute atomic E-state index is 0.137. The van der Waals surface area contributed by atoms with Crippen LogP contribution in [0.2, 0.25) is 5.02 Å². The summed E-state index contributed by atoms with van der Waals surface area (Å²) in [6.07, 6.45) is 0.814. The smallest absolute Gasteiger partial charge is 0.138 e. The molecule has 0 atom stereocenters. The number of halogens is 3. The first-order valence-electron chi connectivity index (χ1n) is 4.15. The van der Waals surface area contributed by atoms with Gasteiger partial charge in [0.15, 0.2) is 0 Å². The summed E-state index contributed by atoms with van der Waals surface area (Å²) in [5.74, 6) is 0.515. The molecule has 0 aliphatic heterocycles. The topological polar surface area (TPSA) is 17.1 Å². The fourth-order valence-corrected chi connectivity index (χ4v) is 1.73. The maximum atomic E-state index is 11.3. The fourth-order valence-electron chi connectivity index (χ4n) is 1.07. The first-order chi connectivity index (χ1) is 6.63. The number of carbonyl (C=O) groups excluding carboxylic acids is 1. The van der Waals surface area contributed by atoms with Gasteiger partial charge in [-0.15, -0.1) is 11.6 Å². The summed E-state index contributed by atoms with van der Waals surface area (Å²) in [7, 11) is 0. The molecule has 1 rings (SSSR count). The van der Waals surface area contributed by atoms with Gasteiger partial charge in [-0.2, -0.15) is 0 Å². The van der Waals surface area contributed by atoms with E-state index in [1.54, 1.807) is 6.07 Å². The molecule has 0 aromatic heterocycles. The highest BCUT2D eigenvalue weighted by Gasteiger charge is 2.04. The van der Waals surface area contributed by atoms with Crippen molar-refractivity contribution in [1.29, 1.82) is 0 Å². The van der Waals surface area contributed by atoms with Crippen LogP contribution in [0.25, 0.3) is 0 Å². The Hall–Kier alpha value is -0.0500. The highest BCUT2D eigenvalue weighted by molar-refractivity contribution is 9.10. The summed E-state index contributed by atoms with van der Waals surface area (Å²) in [5.41, 5.74) is 0.924. The molecule has 0 unspecified atom stereocenters. The van der Waals surface area contributed by atoms with Crippen molar-refractivity contribution in [3.8, 4) is 0 Å². The van der Waals surface area contributed by atoms with Crippen molar-refractivity contribution in [1.82, 2.24) is 0 Å². The minimum atomic E-state index is 0.137. The number of rotatable bonds is 4. The predicted molar refractivity (Wildman–Crippen MR) is 63.2 cm³/mol. The first kappa shape index (κ1) is 12.0. The van der Waals surface area contributed by atoms with Gasteiger partial charge in [0.2, 0.25) is 0 Å². The molecular formula is C10H9BrCl2O. The molecule has 0 N–H and O–H groups in total. The van der Waals surface area contributed by atoms with E-state index in [0.29, 0.717) is 23.7 Å². The summed E-state index contributed by atoms with van der Waals surface area (Å²) in [5, 5.41) is 0.626. The normalized spacial score (nSPS) is 10.2. The Labute approximate surface area is 102 Å². The second-order valence-corrected chi connectivity index (χ2v) is 4.54. The number of Topliss-reactive ketones (excluding diaryl/α,β-unsaturated/α-hetero) is 1. The maximum absolute atomic E-state index is 11.3. The lowest BCUT2D eigenvalue weighted by Gasteiger charge is -2.01. The molecule has 0 spiro atoms. The van der Waals surface area contributed by atoms with Gasteiger partial charge in [0.25, 0.3) is 0 Å². The lowest BCUT2D eigenvalue weighted by atomic mass is 10.1. The van der Waals surface area contributed by atoms with Crippen molar-refractivity contribution in [2.24, 2.45) is 0 Å². The number of benzene rings is 1. The van der Waals surface area contributed by atoms with Crippen molar-refractivity contribution >= 4 is 44.9 Å². The van der Waals surface area contributed by atoms with Crippen molar-refractivity contribution in [2.75, 3.05) is 5.88 Å². The molecular weight excluding hydrogens is 287 g/mol. The largest absolute Gasteiger partial charge is 0.299 e. The molecule has 0 aliphatic rings. The van der Waals surface area contributed by atoms with Crippen LogP contribution in [0, 0.1) is 0 Å². The predicted octanol–water partition coefficient (Wildman–Crippen LogP) is 3.84. The molecule has 1 nitrogen and oxygen atoms in total. The van der Waals surface area contributed by atoms with E-state index in [1.165, 1.54) is 0 Å². The number of hydrogen-bond donors (Lipinski definition) is 0. The average Bonchev–Trinajstić information content (AvgIpc) is 2.12. The number of ketones is 1. The van der Waals surface area contributed by atoms with Gasteiger partial charge in [-0.1, -0.05) is 17.7 Å². The van der Waals surface area contributed by atoms with Crippen LogP contribution in [-0.4, -0.2) is 11.7 Å². The van der Waals surface area contributed by atoms with Crippen molar-refractivity contribution in [2.45, 2.75) is 12.8 Å². The highest BCUT2D eigenvalue weighted by Crippen LogP contribution is 2.23. The van der Waals surface area contributed by atoms with E-state index >= 15 is 0 Å². The molecule has 0 radical (unpaired) electrons. The Morgan fingerprint density at radius 3 is 2.71 bits per heavy atom. The molecule has 0 heterocycles. The number of hydrogen-bond acceptors (Lipinski definition) is 1. The molecule has 1 aromatic carbocycles. The maximum Gasteiger partial charge on any atom is 0.138 e. The van der Waals surface area contributed by atoms with E-state index in [0.717, 1.165) is 10.0 Å². The second-order valence-electron chi connectivity index (χ2n) is 2.90. The lowest BCUT2D eigenvalue weighted by molar-refractivity contribution is -0.118. The van der Waals surface area contributed by atoms with Crippen LogP contribution in [-0.2, 0) is 11.2 Å². The first-order valence-corrected chi connectivity index (χ1v) is 5.85. The van der Waals surface area contributed by atoms with Gasteiger partial charge in [-0.3, -0.25) is 4.79 Å². The molecule has 76 valence electrons. The highest BCUT2D eigenvalue weighted by atomic mass is 79.9. The molecule has 0 amide bonds. The minimum Gasteiger partial charge on any atom is -0.299 e. The van der Waals surface area contributed by atoms with E-state index in [9.17, 15) is 4.79 Å². The molecule has 14 heavy (non-hydrogen) atoms. The summed E-state index contributed by atoms with van der Waals surface area (Å²) in [4.78, 5) is 11.3. The molecule has 1 aromatic rings. The summed E-state index contributed by atoms with van der Waals surface area (Å²) in [6.45, 7) is 0. The van der Waals surface area contributed by atoms with E-state index in [2.05, 4.69) is 15.9 Å². The SMILES string of the molecule is O=C(CCCl)Cc1ccc(Br)c(Cl)c1. The van der Waals surface area contributed by atoms with Crippen molar-refractivity contribution in [3.05, 3.63) is 33.3 Å². The van der Waals surface area contributed by atoms with Gasteiger partial charge in [-0.05, 0) is 33.6 Å². The molecule has 0 aliphatic carbocycles. The van der Waals surface area contributed by atoms with Crippen LogP contribution in [0.1, 0.15) is 12.0 Å². The van der Waals surface area contributed by atoms with Crippen LogP contribution in [0.3, 0.4) is 0 Å².